The summed E-state index contributed by atoms with van der Waals surface area (Å²) < 4.78 is 11.9. The number of guanidine groups is 1. The normalized spacial score (nSPS) is 15.3. The molecule has 0 atom stereocenters. The van der Waals surface area contributed by atoms with Crippen molar-refractivity contribution in [2.75, 3.05) is 7.05 Å². The zero-order valence-electron chi connectivity index (χ0n) is 16.7. The van der Waals surface area contributed by atoms with Crippen LogP contribution in [0, 0.1) is 0 Å². The van der Waals surface area contributed by atoms with Crippen molar-refractivity contribution in [3.63, 3.8) is 0 Å². The van der Waals surface area contributed by atoms with Crippen LogP contribution in [-0.4, -0.2) is 24.1 Å². The van der Waals surface area contributed by atoms with Crippen LogP contribution in [0.4, 0.5) is 0 Å². The molecule has 1 fully saturated rings. The lowest BCUT2D eigenvalue weighted by Gasteiger charge is -2.27. The number of para-hydroxylation sites is 1. The fourth-order valence-electron chi connectivity index (χ4n) is 2.73. The highest BCUT2D eigenvalue weighted by Crippen LogP contribution is 2.27. The summed E-state index contributed by atoms with van der Waals surface area (Å²) in [6.45, 7) is 7.44. The van der Waals surface area contributed by atoms with Gasteiger partial charge in [0.15, 0.2) is 5.96 Å². The van der Waals surface area contributed by atoms with E-state index in [0.717, 1.165) is 29.9 Å². The summed E-state index contributed by atoms with van der Waals surface area (Å²) in [6, 6.07) is 8.16. The molecule has 0 radical (unpaired) electrons. The first-order valence-electron chi connectivity index (χ1n) is 9.60. The summed E-state index contributed by atoms with van der Waals surface area (Å²) in [5.74, 6) is 3.18. The van der Waals surface area contributed by atoms with E-state index in [0.29, 0.717) is 31.0 Å². The maximum Gasteiger partial charge on any atom is 0.213 e. The van der Waals surface area contributed by atoms with Crippen LogP contribution in [0.5, 0.6) is 5.75 Å². The summed E-state index contributed by atoms with van der Waals surface area (Å²) in [5.41, 5.74) is 1.08. The molecule has 0 aliphatic heterocycles. The first kappa shape index (κ1) is 19.3. The molecular formula is C21H30N4O2. The fraction of sp³-hybridized carbons (Fsp3) is 0.524. The minimum absolute atomic E-state index is 0.0463. The SMILES string of the molecule is CN=C(NCc1ncc(C(C)(C)C)o1)NCc1ccccc1OC1CCC1. The minimum Gasteiger partial charge on any atom is -0.490 e. The van der Waals surface area contributed by atoms with E-state index in [1.807, 2.05) is 18.2 Å². The van der Waals surface area contributed by atoms with Crippen molar-refractivity contribution in [3.8, 4) is 5.75 Å². The summed E-state index contributed by atoms with van der Waals surface area (Å²) >= 11 is 0. The molecule has 6 nitrogen and oxygen atoms in total. The maximum atomic E-state index is 6.09. The second-order valence-corrected chi connectivity index (χ2v) is 7.93. The van der Waals surface area contributed by atoms with Crippen molar-refractivity contribution in [2.24, 2.45) is 4.99 Å². The van der Waals surface area contributed by atoms with Crippen molar-refractivity contribution in [1.29, 1.82) is 0 Å². The van der Waals surface area contributed by atoms with Gasteiger partial charge in [0.05, 0.1) is 18.8 Å². The second kappa shape index (κ2) is 8.46. The molecule has 2 aromatic rings. The van der Waals surface area contributed by atoms with Gasteiger partial charge in [-0.25, -0.2) is 4.98 Å². The standard InChI is InChI=1S/C21H30N4O2/c1-21(2,3)18-13-23-19(27-18)14-25-20(22-4)24-12-15-8-5-6-11-17(15)26-16-9-7-10-16/h5-6,8,11,13,16H,7,9-10,12,14H2,1-4H3,(H2,22,24,25). The third-order valence-electron chi connectivity index (χ3n) is 4.69. The molecule has 0 unspecified atom stereocenters. The summed E-state index contributed by atoms with van der Waals surface area (Å²) in [7, 11) is 1.75. The predicted molar refractivity (Wildman–Crippen MR) is 107 cm³/mol. The van der Waals surface area contributed by atoms with E-state index in [4.69, 9.17) is 9.15 Å². The van der Waals surface area contributed by atoms with Crippen LogP contribution in [0.25, 0.3) is 0 Å². The molecule has 1 aliphatic rings. The third kappa shape index (κ3) is 5.25. The van der Waals surface area contributed by atoms with Crippen molar-refractivity contribution >= 4 is 5.96 Å². The van der Waals surface area contributed by atoms with Gasteiger partial charge in [-0.2, -0.15) is 0 Å². The Kier molecular flexibility index (Phi) is 6.04. The molecule has 1 aromatic heterocycles. The third-order valence-corrected chi connectivity index (χ3v) is 4.69. The van der Waals surface area contributed by atoms with Gasteiger partial charge in [0.25, 0.3) is 0 Å². The van der Waals surface area contributed by atoms with E-state index >= 15 is 0 Å². The molecule has 27 heavy (non-hydrogen) atoms. The van der Waals surface area contributed by atoms with Crippen molar-refractivity contribution in [3.05, 3.63) is 47.7 Å². The zero-order chi connectivity index (χ0) is 19.3. The van der Waals surface area contributed by atoms with Crippen LogP contribution in [0.15, 0.2) is 39.9 Å². The number of nitrogens with zero attached hydrogens (tertiary/aromatic N) is 2. The van der Waals surface area contributed by atoms with Gasteiger partial charge in [0.1, 0.15) is 11.5 Å². The van der Waals surface area contributed by atoms with Gasteiger partial charge in [-0.05, 0) is 25.3 Å². The molecular weight excluding hydrogens is 340 g/mol. The highest BCUT2D eigenvalue weighted by atomic mass is 16.5. The smallest absolute Gasteiger partial charge is 0.213 e. The number of hydrogen-bond donors (Lipinski definition) is 2. The van der Waals surface area contributed by atoms with Gasteiger partial charge in [-0.1, -0.05) is 39.0 Å². The van der Waals surface area contributed by atoms with Crippen LogP contribution >= 0.6 is 0 Å². The molecule has 1 heterocycles. The molecule has 0 saturated heterocycles. The number of oxazole rings is 1. The van der Waals surface area contributed by atoms with Gasteiger partial charge < -0.3 is 19.8 Å². The highest BCUT2D eigenvalue weighted by Gasteiger charge is 2.20. The van der Waals surface area contributed by atoms with Crippen molar-refractivity contribution in [2.45, 2.75) is 64.6 Å². The maximum absolute atomic E-state index is 6.09. The van der Waals surface area contributed by atoms with Crippen LogP contribution < -0.4 is 15.4 Å². The molecule has 0 bridgehead atoms. The highest BCUT2D eigenvalue weighted by molar-refractivity contribution is 5.79. The molecule has 0 spiro atoms. The molecule has 3 rings (SSSR count). The molecule has 6 heteroatoms. The average Bonchev–Trinajstić information content (AvgIpc) is 3.08. The van der Waals surface area contributed by atoms with Gasteiger partial charge >= 0.3 is 0 Å². The largest absolute Gasteiger partial charge is 0.490 e. The van der Waals surface area contributed by atoms with E-state index in [1.165, 1.54) is 6.42 Å². The summed E-state index contributed by atoms with van der Waals surface area (Å²) in [4.78, 5) is 8.61. The average molecular weight is 370 g/mol. The van der Waals surface area contributed by atoms with Gasteiger partial charge in [-0.15, -0.1) is 0 Å². The minimum atomic E-state index is -0.0463. The van der Waals surface area contributed by atoms with E-state index in [9.17, 15) is 0 Å². The number of ether oxygens (including phenoxy) is 1. The Balaban J connectivity index is 1.53. The number of benzene rings is 1. The lowest BCUT2D eigenvalue weighted by molar-refractivity contribution is 0.119. The number of hydrogen-bond acceptors (Lipinski definition) is 4. The van der Waals surface area contributed by atoms with Crippen LogP contribution in [-0.2, 0) is 18.5 Å². The molecule has 2 N–H and O–H groups in total. The van der Waals surface area contributed by atoms with E-state index in [-0.39, 0.29) is 5.41 Å². The van der Waals surface area contributed by atoms with Crippen molar-refractivity contribution in [1.82, 2.24) is 15.6 Å². The Hall–Kier alpha value is -2.50. The fourth-order valence-corrected chi connectivity index (χ4v) is 2.73. The number of aromatic nitrogens is 1. The zero-order valence-corrected chi connectivity index (χ0v) is 16.7. The van der Waals surface area contributed by atoms with Gasteiger partial charge in [0.2, 0.25) is 5.89 Å². The number of aliphatic imine (C=N–C) groups is 1. The van der Waals surface area contributed by atoms with E-state index in [1.54, 1.807) is 13.2 Å². The Morgan fingerprint density at radius 1 is 1.22 bits per heavy atom. The Bertz CT molecular complexity index is 772. The second-order valence-electron chi connectivity index (χ2n) is 7.93. The molecule has 1 aromatic carbocycles. The summed E-state index contributed by atoms with van der Waals surface area (Å²) in [5, 5.41) is 6.58. The quantitative estimate of drug-likeness (QED) is 0.598. The first-order chi connectivity index (χ1) is 13.0. The van der Waals surface area contributed by atoms with E-state index in [2.05, 4.69) is 47.4 Å². The van der Waals surface area contributed by atoms with Gasteiger partial charge in [0, 0.05) is 24.6 Å². The topological polar surface area (TPSA) is 71.7 Å². The number of rotatable bonds is 6. The Morgan fingerprint density at radius 2 is 1.96 bits per heavy atom. The Labute approximate surface area is 161 Å². The van der Waals surface area contributed by atoms with Crippen LogP contribution in [0.3, 0.4) is 0 Å². The lowest BCUT2D eigenvalue weighted by atomic mass is 9.94. The Morgan fingerprint density at radius 3 is 2.59 bits per heavy atom. The van der Waals surface area contributed by atoms with Gasteiger partial charge in [-0.3, -0.25) is 4.99 Å². The summed E-state index contributed by atoms with van der Waals surface area (Å²) in [6.07, 6.45) is 5.72. The molecule has 146 valence electrons. The molecule has 1 aliphatic carbocycles. The van der Waals surface area contributed by atoms with Crippen LogP contribution in [0.2, 0.25) is 0 Å². The van der Waals surface area contributed by atoms with E-state index < -0.39 is 0 Å². The monoisotopic (exact) mass is 370 g/mol. The molecule has 1 saturated carbocycles. The van der Waals surface area contributed by atoms with Crippen molar-refractivity contribution < 1.29 is 9.15 Å². The first-order valence-corrected chi connectivity index (χ1v) is 9.60. The number of nitrogens with one attached hydrogen (secondary N) is 2. The predicted octanol–water partition coefficient (Wildman–Crippen LogP) is 3.77. The molecule has 0 amide bonds. The van der Waals surface area contributed by atoms with Crippen LogP contribution in [0.1, 0.15) is 57.2 Å². The lowest BCUT2D eigenvalue weighted by Crippen LogP contribution is -2.36.